The average Bonchev–Trinajstić information content (AvgIpc) is 2.63. The molecule has 0 aromatic heterocycles. The second kappa shape index (κ2) is 7.14. The number of nitrogens with one attached hydrogen (secondary N) is 1. The fourth-order valence-corrected chi connectivity index (χ4v) is 2.65. The highest BCUT2D eigenvalue weighted by molar-refractivity contribution is 6.05. The van der Waals surface area contributed by atoms with Crippen LogP contribution in [0.25, 0.3) is 0 Å². The molecule has 0 bridgehead atoms. The van der Waals surface area contributed by atoms with Crippen LogP contribution < -0.4 is 15.3 Å². The normalized spacial score (nSPS) is 14.2. The standard InChI is InChI=1S/C18H18N2O4/c21-17(13-4-2-1-3-5-13)19-14-6-7-16(15(12-14)18(22)23)20-8-10-24-11-9-20/h1-7,12H,8-11H2,(H,19,21)(H,22,23)/p-1. The maximum absolute atomic E-state index is 12.2. The van der Waals surface area contributed by atoms with Crippen LogP contribution in [0, 0.1) is 0 Å². The van der Waals surface area contributed by atoms with Crippen molar-refractivity contribution in [3.63, 3.8) is 0 Å². The Morgan fingerprint density at radius 1 is 1.04 bits per heavy atom. The van der Waals surface area contributed by atoms with Gasteiger partial charge in [-0.2, -0.15) is 0 Å². The van der Waals surface area contributed by atoms with E-state index in [2.05, 4.69) is 5.32 Å². The fourth-order valence-electron chi connectivity index (χ4n) is 2.65. The van der Waals surface area contributed by atoms with Crippen LogP contribution in [0.2, 0.25) is 0 Å². The molecule has 3 rings (SSSR count). The molecule has 1 heterocycles. The van der Waals surface area contributed by atoms with Crippen LogP contribution in [0.5, 0.6) is 0 Å². The van der Waals surface area contributed by atoms with Crippen molar-refractivity contribution in [3.05, 3.63) is 59.7 Å². The molecule has 0 saturated carbocycles. The van der Waals surface area contributed by atoms with Crippen molar-refractivity contribution < 1.29 is 19.4 Å². The highest BCUT2D eigenvalue weighted by atomic mass is 16.5. The first kappa shape index (κ1) is 16.0. The van der Waals surface area contributed by atoms with Crippen molar-refractivity contribution in [2.24, 2.45) is 0 Å². The van der Waals surface area contributed by atoms with Crippen LogP contribution in [0.4, 0.5) is 11.4 Å². The van der Waals surface area contributed by atoms with Gasteiger partial charge in [0.15, 0.2) is 0 Å². The predicted octanol–water partition coefficient (Wildman–Crippen LogP) is 1.14. The monoisotopic (exact) mass is 325 g/mol. The number of aromatic carboxylic acids is 1. The molecular weight excluding hydrogens is 308 g/mol. The molecule has 24 heavy (non-hydrogen) atoms. The lowest BCUT2D eigenvalue weighted by Gasteiger charge is -2.31. The van der Waals surface area contributed by atoms with Crippen LogP contribution in [0.3, 0.4) is 0 Å². The highest BCUT2D eigenvalue weighted by Crippen LogP contribution is 2.25. The topological polar surface area (TPSA) is 81.7 Å². The van der Waals surface area contributed by atoms with Gasteiger partial charge < -0.3 is 24.9 Å². The lowest BCUT2D eigenvalue weighted by molar-refractivity contribution is -0.254. The Bertz CT molecular complexity index is 740. The van der Waals surface area contributed by atoms with Gasteiger partial charge in [-0.3, -0.25) is 4.79 Å². The number of amides is 1. The van der Waals surface area contributed by atoms with Crippen LogP contribution in [-0.2, 0) is 4.74 Å². The van der Waals surface area contributed by atoms with Gasteiger partial charge in [-0.25, -0.2) is 0 Å². The zero-order valence-electron chi connectivity index (χ0n) is 13.0. The molecule has 1 aliphatic heterocycles. The van der Waals surface area contributed by atoms with E-state index in [4.69, 9.17) is 4.74 Å². The molecule has 0 aliphatic carbocycles. The molecule has 0 atom stereocenters. The number of ether oxygens (including phenoxy) is 1. The molecule has 1 saturated heterocycles. The van der Waals surface area contributed by atoms with Gasteiger partial charge in [0, 0.05) is 35.6 Å². The number of hydrogen-bond donors (Lipinski definition) is 1. The zero-order chi connectivity index (χ0) is 16.9. The molecule has 0 radical (unpaired) electrons. The highest BCUT2D eigenvalue weighted by Gasteiger charge is 2.16. The third-order valence-corrected chi connectivity index (χ3v) is 3.86. The first-order valence-corrected chi connectivity index (χ1v) is 7.69. The van der Waals surface area contributed by atoms with E-state index in [-0.39, 0.29) is 11.5 Å². The number of carbonyl (C=O) groups is 2. The lowest BCUT2D eigenvalue weighted by atomic mass is 10.1. The van der Waals surface area contributed by atoms with E-state index in [1.54, 1.807) is 36.4 Å². The summed E-state index contributed by atoms with van der Waals surface area (Å²) < 4.78 is 5.29. The van der Waals surface area contributed by atoms with Gasteiger partial charge in [0.1, 0.15) is 0 Å². The minimum atomic E-state index is -1.27. The Morgan fingerprint density at radius 2 is 1.75 bits per heavy atom. The quantitative estimate of drug-likeness (QED) is 0.911. The van der Waals surface area contributed by atoms with Crippen LogP contribution in [0.15, 0.2) is 48.5 Å². The van der Waals surface area contributed by atoms with Gasteiger partial charge in [0.2, 0.25) is 0 Å². The molecule has 1 amide bonds. The molecule has 124 valence electrons. The van der Waals surface area contributed by atoms with Gasteiger partial charge in [-0.1, -0.05) is 18.2 Å². The average molecular weight is 325 g/mol. The van der Waals surface area contributed by atoms with E-state index in [1.807, 2.05) is 11.0 Å². The molecule has 1 fully saturated rings. The minimum absolute atomic E-state index is 0.0581. The Kier molecular flexibility index (Phi) is 4.77. The summed E-state index contributed by atoms with van der Waals surface area (Å²) >= 11 is 0. The molecule has 0 spiro atoms. The number of nitrogens with zero attached hydrogens (tertiary/aromatic N) is 1. The first-order valence-electron chi connectivity index (χ1n) is 7.69. The molecular formula is C18H17N2O4-. The summed E-state index contributed by atoms with van der Waals surface area (Å²) in [6.45, 7) is 2.35. The second-order valence-electron chi connectivity index (χ2n) is 5.44. The van der Waals surface area contributed by atoms with Crippen LogP contribution >= 0.6 is 0 Å². The number of anilines is 2. The number of carboxylic acid groups (broad SMARTS) is 1. The SMILES string of the molecule is O=C(Nc1ccc(N2CCOCC2)c(C(=O)[O-])c1)c1ccccc1. The van der Waals surface area contributed by atoms with E-state index >= 15 is 0 Å². The van der Waals surface area contributed by atoms with Crippen molar-refractivity contribution >= 4 is 23.3 Å². The number of benzene rings is 2. The fraction of sp³-hybridized carbons (Fsp3) is 0.222. The molecule has 1 aliphatic rings. The Balaban J connectivity index is 1.83. The molecule has 2 aromatic rings. The maximum atomic E-state index is 12.2. The third kappa shape index (κ3) is 3.55. The predicted molar refractivity (Wildman–Crippen MR) is 88.2 cm³/mol. The number of hydrogen-bond acceptors (Lipinski definition) is 5. The minimum Gasteiger partial charge on any atom is -0.545 e. The summed E-state index contributed by atoms with van der Waals surface area (Å²) in [4.78, 5) is 25.6. The molecule has 0 unspecified atom stereocenters. The van der Waals surface area contributed by atoms with E-state index < -0.39 is 5.97 Å². The van der Waals surface area contributed by atoms with Crippen LogP contribution in [-0.4, -0.2) is 38.2 Å². The number of morpholine rings is 1. The van der Waals surface area contributed by atoms with Gasteiger partial charge in [0.05, 0.1) is 19.2 Å². The number of carbonyl (C=O) groups excluding carboxylic acids is 2. The van der Waals surface area contributed by atoms with E-state index in [0.717, 1.165) is 0 Å². The third-order valence-electron chi connectivity index (χ3n) is 3.86. The van der Waals surface area contributed by atoms with Gasteiger partial charge in [-0.15, -0.1) is 0 Å². The van der Waals surface area contributed by atoms with Gasteiger partial charge in [0.25, 0.3) is 5.91 Å². The van der Waals surface area contributed by atoms with Gasteiger partial charge in [-0.05, 0) is 30.3 Å². The summed E-state index contributed by atoms with van der Waals surface area (Å²) in [5.74, 6) is -1.56. The van der Waals surface area contributed by atoms with Gasteiger partial charge >= 0.3 is 0 Å². The molecule has 6 nitrogen and oxygen atoms in total. The first-order chi connectivity index (χ1) is 11.6. The summed E-state index contributed by atoms with van der Waals surface area (Å²) in [7, 11) is 0. The van der Waals surface area contributed by atoms with Crippen molar-refractivity contribution in [3.8, 4) is 0 Å². The van der Waals surface area contributed by atoms with Crippen LogP contribution in [0.1, 0.15) is 20.7 Å². The van der Waals surface area contributed by atoms with E-state index in [1.165, 1.54) is 6.07 Å². The van der Waals surface area contributed by atoms with Crippen molar-refractivity contribution in [2.75, 3.05) is 36.5 Å². The maximum Gasteiger partial charge on any atom is 0.255 e. The number of carboxylic acids is 1. The van der Waals surface area contributed by atoms with Crippen molar-refractivity contribution in [2.45, 2.75) is 0 Å². The van der Waals surface area contributed by atoms with E-state index in [9.17, 15) is 14.7 Å². The van der Waals surface area contributed by atoms with Crippen molar-refractivity contribution in [1.29, 1.82) is 0 Å². The molecule has 1 N–H and O–H groups in total. The smallest absolute Gasteiger partial charge is 0.255 e. The number of rotatable bonds is 4. The lowest BCUT2D eigenvalue weighted by Crippen LogP contribution is -2.38. The summed E-state index contributed by atoms with van der Waals surface area (Å²) in [6, 6.07) is 13.6. The molecule has 2 aromatic carbocycles. The Morgan fingerprint density at radius 3 is 2.42 bits per heavy atom. The zero-order valence-corrected chi connectivity index (χ0v) is 13.0. The molecule has 6 heteroatoms. The Labute approximate surface area is 139 Å². The summed E-state index contributed by atoms with van der Waals surface area (Å²) in [5.41, 5.74) is 1.56. The second-order valence-corrected chi connectivity index (χ2v) is 5.44. The van der Waals surface area contributed by atoms with Crippen molar-refractivity contribution in [1.82, 2.24) is 0 Å². The summed E-state index contributed by atoms with van der Waals surface area (Å²) in [5, 5.41) is 14.2. The van der Waals surface area contributed by atoms with E-state index in [0.29, 0.717) is 43.2 Å². The Hall–Kier alpha value is -2.86. The largest absolute Gasteiger partial charge is 0.545 e. The summed E-state index contributed by atoms with van der Waals surface area (Å²) in [6.07, 6.45) is 0.